The quantitative estimate of drug-likeness (QED) is 0.281. The molecule has 4 atom stereocenters. The van der Waals surface area contributed by atoms with Crippen molar-refractivity contribution in [2.45, 2.75) is 55.3 Å². The molecule has 1 aliphatic rings. The van der Waals surface area contributed by atoms with E-state index in [9.17, 15) is 14.4 Å². The van der Waals surface area contributed by atoms with E-state index >= 15 is 0 Å². The van der Waals surface area contributed by atoms with E-state index in [1.807, 2.05) is 44.4 Å². The zero-order valence-electron chi connectivity index (χ0n) is 21.2. The third-order valence-corrected chi connectivity index (χ3v) is 6.97. The molecule has 1 aliphatic heterocycles. The molecule has 9 nitrogen and oxygen atoms in total. The number of rotatable bonds is 9. The van der Waals surface area contributed by atoms with E-state index in [0.29, 0.717) is 0 Å². The van der Waals surface area contributed by atoms with Gasteiger partial charge >= 0.3 is 17.9 Å². The second-order valence-electron chi connectivity index (χ2n) is 8.83. The molecule has 36 heavy (non-hydrogen) atoms. The highest BCUT2D eigenvalue weighted by atomic mass is 32.2. The third kappa shape index (κ3) is 6.76. The van der Waals surface area contributed by atoms with Gasteiger partial charge in [-0.25, -0.2) is 0 Å². The number of benzene rings is 2. The number of anilines is 1. The average Bonchev–Trinajstić information content (AvgIpc) is 2.81. The smallest absolute Gasteiger partial charge is 0.303 e. The molecule has 0 spiro atoms. The summed E-state index contributed by atoms with van der Waals surface area (Å²) in [6, 6.07) is 11.6. The Morgan fingerprint density at radius 3 is 2.44 bits per heavy atom. The fourth-order valence-corrected chi connectivity index (χ4v) is 5.52. The summed E-state index contributed by atoms with van der Waals surface area (Å²) in [5.74, 6) is -1.48. The maximum absolute atomic E-state index is 11.8. The normalized spacial score (nSPS) is 23.5. The standard InChI is InChI=1S/C26H32N2O7S/c1-16(29)32-14-24-25(34-18(3)31)22(27-4)13-26(35-24,15-33-17(2)30)36-20-10-11-21-19(12-20)8-7-9-23(21)28(5)6/h7-12,22,24-25H,4,13-15H2,1-3,5-6H3/t22?,24?,25-,26?/m1/s1. The monoisotopic (exact) mass is 516 g/mol. The van der Waals surface area contributed by atoms with Crippen LogP contribution < -0.4 is 4.90 Å². The van der Waals surface area contributed by atoms with E-state index in [2.05, 4.69) is 22.7 Å². The highest BCUT2D eigenvalue weighted by Gasteiger charge is 2.50. The summed E-state index contributed by atoms with van der Waals surface area (Å²) in [4.78, 5) is 41.1. The van der Waals surface area contributed by atoms with Gasteiger partial charge in [-0.15, -0.1) is 0 Å². The maximum atomic E-state index is 11.8. The second-order valence-corrected chi connectivity index (χ2v) is 10.3. The van der Waals surface area contributed by atoms with E-state index < -0.39 is 41.1 Å². The molecule has 2 aromatic carbocycles. The number of hydrogen-bond donors (Lipinski definition) is 0. The Morgan fingerprint density at radius 2 is 1.83 bits per heavy atom. The SMILES string of the molecule is C=NC1CC(COC(C)=O)(Sc2ccc3c(N(C)C)cccc3c2)OC(COC(C)=O)[C@@H]1OC(C)=O. The fraction of sp³-hybridized carbons (Fsp3) is 0.462. The molecule has 0 aliphatic carbocycles. The number of thioether (sulfide) groups is 1. The summed E-state index contributed by atoms with van der Waals surface area (Å²) in [6.45, 7) is 7.32. The lowest BCUT2D eigenvalue weighted by Crippen LogP contribution is -2.57. The van der Waals surface area contributed by atoms with Crippen molar-refractivity contribution in [3.8, 4) is 0 Å². The van der Waals surface area contributed by atoms with E-state index in [-0.39, 0.29) is 19.6 Å². The minimum Gasteiger partial charge on any atom is -0.463 e. The average molecular weight is 517 g/mol. The molecule has 0 saturated carbocycles. The molecule has 0 amide bonds. The first-order chi connectivity index (χ1) is 17.0. The molecule has 194 valence electrons. The number of nitrogens with zero attached hydrogens (tertiary/aromatic N) is 2. The number of carbonyl (C=O) groups is 3. The van der Waals surface area contributed by atoms with Crippen molar-refractivity contribution >= 4 is 52.8 Å². The van der Waals surface area contributed by atoms with Crippen LogP contribution >= 0.6 is 11.8 Å². The summed E-state index contributed by atoms with van der Waals surface area (Å²) in [7, 11) is 3.99. The summed E-state index contributed by atoms with van der Waals surface area (Å²) in [5.41, 5.74) is 1.09. The Labute approximate surface area is 215 Å². The molecule has 1 fully saturated rings. The fourth-order valence-electron chi connectivity index (χ4n) is 4.23. The molecule has 0 aromatic heterocycles. The lowest BCUT2D eigenvalue weighted by Gasteiger charge is -2.45. The predicted molar refractivity (Wildman–Crippen MR) is 139 cm³/mol. The lowest BCUT2D eigenvalue weighted by atomic mass is 9.95. The van der Waals surface area contributed by atoms with E-state index in [4.69, 9.17) is 18.9 Å². The van der Waals surface area contributed by atoms with E-state index in [1.54, 1.807) is 0 Å². The van der Waals surface area contributed by atoms with Gasteiger partial charge < -0.3 is 23.8 Å². The van der Waals surface area contributed by atoms with Crippen LogP contribution in [0.15, 0.2) is 46.3 Å². The molecule has 0 N–H and O–H groups in total. The van der Waals surface area contributed by atoms with Gasteiger partial charge in [0.25, 0.3) is 0 Å². The zero-order chi connectivity index (χ0) is 26.5. The molecule has 3 unspecified atom stereocenters. The Hall–Kier alpha value is -3.11. The number of esters is 3. The summed E-state index contributed by atoms with van der Waals surface area (Å²) < 4.78 is 22.5. The molecule has 2 aromatic rings. The first-order valence-corrected chi connectivity index (χ1v) is 12.3. The molecular weight excluding hydrogens is 484 g/mol. The molecular formula is C26H32N2O7S. The van der Waals surface area contributed by atoms with E-state index in [0.717, 1.165) is 21.4 Å². The van der Waals surface area contributed by atoms with Crippen molar-refractivity contribution in [1.29, 1.82) is 0 Å². The van der Waals surface area contributed by atoms with Gasteiger partial charge in [-0.05, 0) is 30.3 Å². The van der Waals surface area contributed by atoms with Gasteiger partial charge in [0.15, 0.2) is 11.0 Å². The summed E-state index contributed by atoms with van der Waals surface area (Å²) in [6.07, 6.45) is -1.41. The van der Waals surface area contributed by atoms with Gasteiger partial charge in [0, 0.05) is 57.3 Å². The number of carbonyl (C=O) groups excluding carboxylic acids is 3. The van der Waals surface area contributed by atoms with E-state index in [1.165, 1.54) is 32.5 Å². The summed E-state index contributed by atoms with van der Waals surface area (Å²) in [5, 5.41) is 2.14. The van der Waals surface area contributed by atoms with Crippen LogP contribution in [-0.4, -0.2) is 75.1 Å². The summed E-state index contributed by atoms with van der Waals surface area (Å²) >= 11 is 1.38. The van der Waals surface area contributed by atoms with Crippen molar-refractivity contribution in [2.24, 2.45) is 4.99 Å². The third-order valence-electron chi connectivity index (χ3n) is 5.73. The van der Waals surface area contributed by atoms with Gasteiger partial charge in [-0.2, -0.15) is 0 Å². The van der Waals surface area contributed by atoms with Gasteiger partial charge in [0.1, 0.15) is 19.3 Å². The van der Waals surface area contributed by atoms with Crippen molar-refractivity contribution in [1.82, 2.24) is 0 Å². The topological polar surface area (TPSA) is 104 Å². The Morgan fingerprint density at radius 1 is 1.11 bits per heavy atom. The highest BCUT2D eigenvalue weighted by Crippen LogP contribution is 2.45. The maximum Gasteiger partial charge on any atom is 0.303 e. The molecule has 0 radical (unpaired) electrons. The first-order valence-electron chi connectivity index (χ1n) is 11.5. The molecule has 3 rings (SSSR count). The molecule has 1 saturated heterocycles. The van der Waals surface area contributed by atoms with Crippen LogP contribution in [-0.2, 0) is 33.3 Å². The van der Waals surface area contributed by atoms with Crippen LogP contribution in [0.5, 0.6) is 0 Å². The van der Waals surface area contributed by atoms with Crippen LogP contribution in [0.1, 0.15) is 27.2 Å². The highest BCUT2D eigenvalue weighted by molar-refractivity contribution is 8.00. The van der Waals surface area contributed by atoms with Crippen molar-refractivity contribution in [2.75, 3.05) is 32.2 Å². The van der Waals surface area contributed by atoms with Crippen LogP contribution in [0.4, 0.5) is 5.69 Å². The number of ether oxygens (including phenoxy) is 4. The van der Waals surface area contributed by atoms with Gasteiger partial charge in [-0.3, -0.25) is 19.4 Å². The van der Waals surface area contributed by atoms with Gasteiger partial charge in [0.2, 0.25) is 0 Å². The predicted octanol–water partition coefficient (Wildman–Crippen LogP) is 3.61. The minimum atomic E-state index is -1.09. The van der Waals surface area contributed by atoms with Crippen LogP contribution in [0.25, 0.3) is 10.8 Å². The number of aliphatic imine (C=N–C) groups is 1. The van der Waals surface area contributed by atoms with Gasteiger partial charge in [0.05, 0.1) is 6.04 Å². The molecule has 10 heteroatoms. The van der Waals surface area contributed by atoms with Crippen LogP contribution in [0.3, 0.4) is 0 Å². The number of hydrogen-bond acceptors (Lipinski definition) is 10. The second kappa shape index (κ2) is 11.7. The largest absolute Gasteiger partial charge is 0.463 e. The number of fused-ring (bicyclic) bond motifs is 1. The lowest BCUT2D eigenvalue weighted by molar-refractivity contribution is -0.199. The molecule has 0 bridgehead atoms. The Balaban J connectivity index is 2.00. The van der Waals surface area contributed by atoms with Gasteiger partial charge in [-0.1, -0.05) is 30.0 Å². The van der Waals surface area contributed by atoms with Crippen LogP contribution in [0, 0.1) is 0 Å². The van der Waals surface area contributed by atoms with Crippen molar-refractivity contribution < 1.29 is 33.3 Å². The Bertz CT molecular complexity index is 1140. The van der Waals surface area contributed by atoms with Crippen LogP contribution in [0.2, 0.25) is 0 Å². The zero-order valence-corrected chi connectivity index (χ0v) is 22.0. The molecule has 1 heterocycles. The first kappa shape index (κ1) is 27.5. The van der Waals surface area contributed by atoms with Crippen molar-refractivity contribution in [3.05, 3.63) is 36.4 Å². The van der Waals surface area contributed by atoms with Crippen molar-refractivity contribution in [3.63, 3.8) is 0 Å². The minimum absolute atomic E-state index is 0.0852. The Kier molecular flexibility index (Phi) is 8.97.